The first kappa shape index (κ1) is 20.4. The number of carbonyl (C=O) groups is 2. The highest BCUT2D eigenvalue weighted by Crippen LogP contribution is 2.13. The first-order valence-corrected chi connectivity index (χ1v) is 8.08. The van der Waals surface area contributed by atoms with Crippen LogP contribution in [0.1, 0.15) is 18.9 Å². The molecule has 1 fully saturated rings. The Hall–Kier alpha value is -1.63. The van der Waals surface area contributed by atoms with Gasteiger partial charge in [-0.1, -0.05) is 25.1 Å². The van der Waals surface area contributed by atoms with E-state index in [1.54, 1.807) is 4.90 Å². The molecular weight excluding hydrogens is 330 g/mol. The van der Waals surface area contributed by atoms with Crippen LogP contribution in [-0.2, 0) is 14.3 Å². The Morgan fingerprint density at radius 3 is 2.75 bits per heavy atom. The lowest BCUT2D eigenvalue weighted by Gasteiger charge is -2.29. The summed E-state index contributed by atoms with van der Waals surface area (Å²) >= 11 is 0. The fourth-order valence-corrected chi connectivity index (χ4v) is 2.54. The third-order valence-electron chi connectivity index (χ3n) is 3.76. The number of anilines is 1. The van der Waals surface area contributed by atoms with Gasteiger partial charge in [-0.25, -0.2) is 0 Å². The van der Waals surface area contributed by atoms with Crippen LogP contribution in [0.5, 0.6) is 0 Å². The second kappa shape index (κ2) is 10.3. The van der Waals surface area contributed by atoms with Crippen molar-refractivity contribution < 1.29 is 14.3 Å². The number of amides is 2. The van der Waals surface area contributed by atoms with E-state index in [1.165, 1.54) is 0 Å². The number of rotatable bonds is 6. The van der Waals surface area contributed by atoms with Gasteiger partial charge in [0.1, 0.15) is 6.10 Å². The summed E-state index contributed by atoms with van der Waals surface area (Å²) in [7, 11) is 0. The van der Waals surface area contributed by atoms with Gasteiger partial charge in [0.25, 0.3) is 5.91 Å². The number of aryl methyl sites for hydroxylation is 1. The molecule has 2 N–H and O–H groups in total. The molecule has 0 spiro atoms. The Bertz CT molecular complexity index is 548. The van der Waals surface area contributed by atoms with Crippen LogP contribution in [-0.4, -0.2) is 55.6 Å². The number of carbonyl (C=O) groups excluding carboxylic acids is 2. The number of nitrogens with one attached hydrogen (secondary N) is 2. The summed E-state index contributed by atoms with van der Waals surface area (Å²) < 4.78 is 5.50. The maximum absolute atomic E-state index is 12.5. The molecule has 1 aromatic carbocycles. The molecule has 0 aromatic heterocycles. The molecule has 6 nitrogen and oxygen atoms in total. The Morgan fingerprint density at radius 1 is 1.38 bits per heavy atom. The number of hydrogen-bond acceptors (Lipinski definition) is 4. The molecule has 1 atom stereocenters. The van der Waals surface area contributed by atoms with E-state index in [0.29, 0.717) is 19.7 Å². The minimum atomic E-state index is -0.499. The SMILES string of the molecule is CCCN(CC(=O)Nc1ccccc1C)C(=O)C1CNCCO1.Cl. The van der Waals surface area contributed by atoms with Crippen molar-refractivity contribution in [3.8, 4) is 0 Å². The Morgan fingerprint density at radius 2 is 2.12 bits per heavy atom. The Labute approximate surface area is 149 Å². The topological polar surface area (TPSA) is 70.7 Å². The highest BCUT2D eigenvalue weighted by molar-refractivity contribution is 5.95. The monoisotopic (exact) mass is 355 g/mol. The molecule has 0 radical (unpaired) electrons. The average molecular weight is 356 g/mol. The minimum Gasteiger partial charge on any atom is -0.366 e. The van der Waals surface area contributed by atoms with Gasteiger partial charge >= 0.3 is 0 Å². The zero-order valence-electron chi connectivity index (χ0n) is 14.2. The molecule has 0 aliphatic carbocycles. The number of halogens is 1. The smallest absolute Gasteiger partial charge is 0.253 e. The van der Waals surface area contributed by atoms with E-state index >= 15 is 0 Å². The van der Waals surface area contributed by atoms with E-state index in [-0.39, 0.29) is 30.8 Å². The number of benzene rings is 1. The molecule has 134 valence electrons. The predicted octanol–water partition coefficient (Wildman–Crippen LogP) is 1.58. The predicted molar refractivity (Wildman–Crippen MR) is 96.5 cm³/mol. The van der Waals surface area contributed by atoms with Crippen LogP contribution in [0.3, 0.4) is 0 Å². The zero-order valence-corrected chi connectivity index (χ0v) is 15.0. The first-order valence-electron chi connectivity index (χ1n) is 8.08. The fraction of sp³-hybridized carbons (Fsp3) is 0.529. The van der Waals surface area contributed by atoms with Crippen LogP contribution in [0.4, 0.5) is 5.69 Å². The summed E-state index contributed by atoms with van der Waals surface area (Å²) in [5.41, 5.74) is 1.77. The van der Waals surface area contributed by atoms with Gasteiger partial charge in [-0.05, 0) is 25.0 Å². The summed E-state index contributed by atoms with van der Waals surface area (Å²) in [5.74, 6) is -0.316. The standard InChI is InChI=1S/C17H25N3O3.ClH/c1-3-9-20(17(22)15-11-18-8-10-23-15)12-16(21)19-14-7-5-4-6-13(14)2;/h4-7,15,18H,3,8-12H2,1-2H3,(H,19,21);1H. The van der Waals surface area contributed by atoms with Crippen molar-refractivity contribution >= 4 is 29.9 Å². The molecule has 7 heteroatoms. The lowest BCUT2D eigenvalue weighted by molar-refractivity contribution is -0.147. The minimum absolute atomic E-state index is 0. The number of para-hydroxylation sites is 1. The third-order valence-corrected chi connectivity index (χ3v) is 3.76. The van der Waals surface area contributed by atoms with Gasteiger partial charge in [-0.2, -0.15) is 0 Å². The van der Waals surface area contributed by atoms with Crippen molar-refractivity contribution in [3.63, 3.8) is 0 Å². The van der Waals surface area contributed by atoms with Crippen molar-refractivity contribution in [2.75, 3.05) is 38.1 Å². The second-order valence-corrected chi connectivity index (χ2v) is 5.69. The van der Waals surface area contributed by atoms with E-state index < -0.39 is 6.10 Å². The lowest BCUT2D eigenvalue weighted by atomic mass is 10.2. The molecule has 1 heterocycles. The summed E-state index contributed by atoms with van der Waals surface area (Å²) in [6.45, 7) is 6.28. The summed E-state index contributed by atoms with van der Waals surface area (Å²) in [6.07, 6.45) is 0.297. The van der Waals surface area contributed by atoms with Gasteiger partial charge in [0.2, 0.25) is 5.91 Å². The van der Waals surface area contributed by atoms with Crippen LogP contribution >= 0.6 is 12.4 Å². The van der Waals surface area contributed by atoms with Gasteiger partial charge in [-0.3, -0.25) is 9.59 Å². The molecule has 1 aliphatic heterocycles. The third kappa shape index (κ3) is 5.78. The van der Waals surface area contributed by atoms with E-state index in [2.05, 4.69) is 10.6 Å². The van der Waals surface area contributed by atoms with Crippen LogP contribution in [0.25, 0.3) is 0 Å². The van der Waals surface area contributed by atoms with Crippen molar-refractivity contribution in [1.82, 2.24) is 10.2 Å². The normalized spacial score (nSPS) is 16.8. The Kier molecular flexibility index (Phi) is 8.74. The van der Waals surface area contributed by atoms with Gasteiger partial charge < -0.3 is 20.3 Å². The molecule has 0 bridgehead atoms. The van der Waals surface area contributed by atoms with Crippen LogP contribution in [0.2, 0.25) is 0 Å². The van der Waals surface area contributed by atoms with Gasteiger partial charge in [0.15, 0.2) is 0 Å². The molecular formula is C17H26ClN3O3. The lowest BCUT2D eigenvalue weighted by Crippen LogP contribution is -2.51. The summed E-state index contributed by atoms with van der Waals surface area (Å²) in [4.78, 5) is 26.4. The molecule has 0 saturated carbocycles. The number of ether oxygens (including phenoxy) is 1. The fourth-order valence-electron chi connectivity index (χ4n) is 2.54. The largest absolute Gasteiger partial charge is 0.366 e. The van der Waals surface area contributed by atoms with Gasteiger partial charge in [0, 0.05) is 25.3 Å². The van der Waals surface area contributed by atoms with Crippen molar-refractivity contribution in [2.45, 2.75) is 26.4 Å². The molecule has 1 unspecified atom stereocenters. The molecule has 1 saturated heterocycles. The summed E-state index contributed by atoms with van der Waals surface area (Å²) in [6, 6.07) is 7.59. The van der Waals surface area contributed by atoms with Gasteiger partial charge in [0.05, 0.1) is 13.2 Å². The molecule has 2 amide bonds. The second-order valence-electron chi connectivity index (χ2n) is 5.69. The van der Waals surface area contributed by atoms with E-state index in [1.807, 2.05) is 38.1 Å². The quantitative estimate of drug-likeness (QED) is 0.812. The van der Waals surface area contributed by atoms with Crippen LogP contribution < -0.4 is 10.6 Å². The van der Waals surface area contributed by atoms with Crippen LogP contribution in [0.15, 0.2) is 24.3 Å². The van der Waals surface area contributed by atoms with Crippen molar-refractivity contribution in [1.29, 1.82) is 0 Å². The van der Waals surface area contributed by atoms with Crippen molar-refractivity contribution in [2.24, 2.45) is 0 Å². The van der Waals surface area contributed by atoms with E-state index in [4.69, 9.17) is 4.74 Å². The summed E-state index contributed by atoms with van der Waals surface area (Å²) in [5, 5.41) is 6.01. The highest BCUT2D eigenvalue weighted by Gasteiger charge is 2.27. The molecule has 24 heavy (non-hydrogen) atoms. The highest BCUT2D eigenvalue weighted by atomic mass is 35.5. The van der Waals surface area contributed by atoms with Crippen molar-refractivity contribution in [3.05, 3.63) is 29.8 Å². The number of hydrogen-bond donors (Lipinski definition) is 2. The number of morpholine rings is 1. The first-order chi connectivity index (χ1) is 11.1. The maximum atomic E-state index is 12.5. The number of nitrogens with zero attached hydrogens (tertiary/aromatic N) is 1. The Balaban J connectivity index is 0.00000288. The molecule has 1 aromatic rings. The molecule has 2 rings (SSSR count). The van der Waals surface area contributed by atoms with E-state index in [0.717, 1.165) is 24.2 Å². The average Bonchev–Trinajstić information content (AvgIpc) is 2.57. The maximum Gasteiger partial charge on any atom is 0.253 e. The van der Waals surface area contributed by atoms with Crippen LogP contribution in [0, 0.1) is 6.92 Å². The zero-order chi connectivity index (χ0) is 16.7. The van der Waals surface area contributed by atoms with E-state index in [9.17, 15) is 9.59 Å². The van der Waals surface area contributed by atoms with Gasteiger partial charge in [-0.15, -0.1) is 12.4 Å². The molecule has 1 aliphatic rings.